The summed E-state index contributed by atoms with van der Waals surface area (Å²) in [7, 11) is 0. The Bertz CT molecular complexity index is 425. The molecule has 2 rings (SSSR count). The van der Waals surface area contributed by atoms with Gasteiger partial charge in [-0.1, -0.05) is 19.1 Å². The summed E-state index contributed by atoms with van der Waals surface area (Å²) in [5, 5.41) is 17.2. The van der Waals surface area contributed by atoms with E-state index >= 15 is 0 Å². The van der Waals surface area contributed by atoms with Gasteiger partial charge in [-0.15, -0.1) is 0 Å². The largest absolute Gasteiger partial charge is 0.396 e. The Labute approximate surface area is 88.2 Å². The van der Waals surface area contributed by atoms with E-state index in [9.17, 15) is 0 Å². The zero-order valence-corrected chi connectivity index (χ0v) is 8.54. The Morgan fingerprint density at radius 1 is 1.33 bits per heavy atom. The second-order valence-corrected chi connectivity index (χ2v) is 3.50. The van der Waals surface area contributed by atoms with Crippen LogP contribution in [0.3, 0.4) is 0 Å². The number of aliphatic hydroxyl groups excluding tert-OH is 1. The molecule has 1 N–H and O–H groups in total. The van der Waals surface area contributed by atoms with E-state index in [1.54, 1.807) is 17.2 Å². The molecular weight excluding hydrogens is 190 g/mol. The molecule has 4 heteroatoms. The third-order valence-corrected chi connectivity index (χ3v) is 2.36. The van der Waals surface area contributed by atoms with E-state index in [0.717, 1.165) is 11.3 Å². The van der Waals surface area contributed by atoms with Crippen molar-refractivity contribution in [3.63, 3.8) is 0 Å². The van der Waals surface area contributed by atoms with Crippen molar-refractivity contribution in [1.82, 2.24) is 15.0 Å². The van der Waals surface area contributed by atoms with Crippen LogP contribution in [0.1, 0.15) is 18.4 Å². The summed E-state index contributed by atoms with van der Waals surface area (Å²) < 4.78 is 0. The predicted octanol–water partition coefficient (Wildman–Crippen LogP) is 1.36. The van der Waals surface area contributed by atoms with Crippen molar-refractivity contribution in [2.75, 3.05) is 6.61 Å². The molecule has 0 fully saturated rings. The second-order valence-electron chi connectivity index (χ2n) is 3.50. The lowest BCUT2D eigenvalue weighted by Crippen LogP contribution is -2.02. The van der Waals surface area contributed by atoms with Crippen LogP contribution >= 0.6 is 0 Å². The Morgan fingerprint density at radius 2 is 2.07 bits per heavy atom. The van der Waals surface area contributed by atoms with Gasteiger partial charge in [0, 0.05) is 12.5 Å². The van der Waals surface area contributed by atoms with Gasteiger partial charge in [-0.2, -0.15) is 15.0 Å². The Balaban J connectivity index is 2.35. The fourth-order valence-corrected chi connectivity index (χ4v) is 1.41. The second kappa shape index (κ2) is 4.23. The average molecular weight is 203 g/mol. The number of benzene rings is 1. The van der Waals surface area contributed by atoms with Gasteiger partial charge in [-0.05, 0) is 17.7 Å². The summed E-state index contributed by atoms with van der Waals surface area (Å²) in [4.78, 5) is 1.56. The first-order valence-electron chi connectivity index (χ1n) is 4.89. The molecule has 0 aliphatic carbocycles. The van der Waals surface area contributed by atoms with Gasteiger partial charge in [-0.25, -0.2) is 0 Å². The van der Waals surface area contributed by atoms with Crippen molar-refractivity contribution in [1.29, 1.82) is 0 Å². The molecule has 0 spiro atoms. The molecule has 0 radical (unpaired) electrons. The Morgan fingerprint density at radius 3 is 2.73 bits per heavy atom. The first-order chi connectivity index (χ1) is 7.31. The summed E-state index contributed by atoms with van der Waals surface area (Å²) in [5.74, 6) is 0.139. The van der Waals surface area contributed by atoms with Gasteiger partial charge >= 0.3 is 0 Å². The molecule has 0 aliphatic heterocycles. The van der Waals surface area contributed by atoms with Crippen LogP contribution in [0.15, 0.2) is 36.7 Å². The third-order valence-electron chi connectivity index (χ3n) is 2.36. The number of nitrogens with zero attached hydrogens (tertiary/aromatic N) is 3. The van der Waals surface area contributed by atoms with Crippen LogP contribution in [0.2, 0.25) is 0 Å². The molecule has 1 aromatic carbocycles. The average Bonchev–Trinajstić information content (AvgIpc) is 2.82. The quantitative estimate of drug-likeness (QED) is 0.819. The summed E-state index contributed by atoms with van der Waals surface area (Å²) in [6.07, 6.45) is 3.28. The molecule has 0 amide bonds. The van der Waals surface area contributed by atoms with E-state index in [1.165, 1.54) is 0 Å². The lowest BCUT2D eigenvalue weighted by molar-refractivity contribution is 0.273. The molecule has 0 saturated carbocycles. The van der Waals surface area contributed by atoms with Crippen molar-refractivity contribution in [2.24, 2.45) is 0 Å². The van der Waals surface area contributed by atoms with E-state index < -0.39 is 0 Å². The molecule has 1 aromatic heterocycles. The highest BCUT2D eigenvalue weighted by Gasteiger charge is 2.05. The maximum absolute atomic E-state index is 9.07. The lowest BCUT2D eigenvalue weighted by atomic mass is 10.0. The van der Waals surface area contributed by atoms with Crippen molar-refractivity contribution in [2.45, 2.75) is 12.8 Å². The monoisotopic (exact) mass is 203 g/mol. The number of aliphatic hydroxyl groups is 1. The van der Waals surface area contributed by atoms with Gasteiger partial charge in [0.2, 0.25) is 0 Å². The number of hydrogen-bond acceptors (Lipinski definition) is 3. The van der Waals surface area contributed by atoms with Crippen molar-refractivity contribution in [3.8, 4) is 5.69 Å². The maximum atomic E-state index is 9.07. The fourth-order valence-electron chi connectivity index (χ4n) is 1.41. The number of aromatic nitrogens is 3. The molecule has 1 heterocycles. The highest BCUT2D eigenvalue weighted by Crippen LogP contribution is 2.17. The van der Waals surface area contributed by atoms with Gasteiger partial charge in [0.1, 0.15) is 0 Å². The van der Waals surface area contributed by atoms with E-state index in [4.69, 9.17) is 5.11 Å². The van der Waals surface area contributed by atoms with Gasteiger partial charge in [0.25, 0.3) is 0 Å². The highest BCUT2D eigenvalue weighted by atomic mass is 16.3. The Kier molecular flexibility index (Phi) is 2.78. The van der Waals surface area contributed by atoms with Crippen LogP contribution in [0.25, 0.3) is 5.69 Å². The molecule has 4 nitrogen and oxygen atoms in total. The minimum Gasteiger partial charge on any atom is -0.396 e. The van der Waals surface area contributed by atoms with Crippen LogP contribution in [-0.4, -0.2) is 26.7 Å². The van der Waals surface area contributed by atoms with Crippen molar-refractivity contribution >= 4 is 0 Å². The van der Waals surface area contributed by atoms with E-state index in [1.807, 2.05) is 31.2 Å². The predicted molar refractivity (Wildman–Crippen MR) is 56.9 cm³/mol. The van der Waals surface area contributed by atoms with E-state index in [2.05, 4.69) is 10.2 Å². The standard InChI is InChI=1S/C11H13N3O/c1-9(8-15)10-3-2-4-11(7-10)14-12-5-6-13-14/h2-7,9,15H,8H2,1H3. The van der Waals surface area contributed by atoms with Crippen molar-refractivity contribution in [3.05, 3.63) is 42.2 Å². The van der Waals surface area contributed by atoms with Crippen molar-refractivity contribution < 1.29 is 5.11 Å². The maximum Gasteiger partial charge on any atom is 0.0859 e. The molecule has 78 valence electrons. The zero-order valence-electron chi connectivity index (χ0n) is 8.54. The molecule has 0 saturated heterocycles. The van der Waals surface area contributed by atoms with Gasteiger partial charge in [0.15, 0.2) is 0 Å². The lowest BCUT2D eigenvalue weighted by Gasteiger charge is -2.09. The molecule has 1 atom stereocenters. The highest BCUT2D eigenvalue weighted by molar-refractivity contribution is 5.35. The number of rotatable bonds is 3. The van der Waals surface area contributed by atoms with E-state index in [-0.39, 0.29) is 12.5 Å². The van der Waals surface area contributed by atoms with Gasteiger partial charge in [0.05, 0.1) is 18.1 Å². The third kappa shape index (κ3) is 2.05. The molecule has 15 heavy (non-hydrogen) atoms. The van der Waals surface area contributed by atoms with E-state index in [0.29, 0.717) is 0 Å². The van der Waals surface area contributed by atoms with Crippen LogP contribution in [0, 0.1) is 0 Å². The topological polar surface area (TPSA) is 50.9 Å². The first-order valence-corrected chi connectivity index (χ1v) is 4.89. The first kappa shape index (κ1) is 9.86. The molecule has 0 bridgehead atoms. The summed E-state index contributed by atoms with van der Waals surface area (Å²) in [5.41, 5.74) is 2.00. The summed E-state index contributed by atoms with van der Waals surface area (Å²) in [6.45, 7) is 2.13. The minimum absolute atomic E-state index is 0.139. The number of hydrogen-bond donors (Lipinski definition) is 1. The SMILES string of the molecule is CC(CO)c1cccc(-n2nccn2)c1. The zero-order chi connectivity index (χ0) is 10.7. The Hall–Kier alpha value is -1.68. The smallest absolute Gasteiger partial charge is 0.0859 e. The minimum atomic E-state index is 0.139. The molecule has 0 aliphatic rings. The van der Waals surface area contributed by atoms with Crippen LogP contribution in [0.5, 0.6) is 0 Å². The van der Waals surface area contributed by atoms with Gasteiger partial charge in [-0.3, -0.25) is 0 Å². The molecular formula is C11H13N3O. The summed E-state index contributed by atoms with van der Waals surface area (Å²) >= 11 is 0. The van der Waals surface area contributed by atoms with Crippen LogP contribution < -0.4 is 0 Å². The van der Waals surface area contributed by atoms with Crippen LogP contribution in [0.4, 0.5) is 0 Å². The molecule has 2 aromatic rings. The normalized spacial score (nSPS) is 12.7. The van der Waals surface area contributed by atoms with Gasteiger partial charge < -0.3 is 5.11 Å². The molecule has 1 unspecified atom stereocenters. The van der Waals surface area contributed by atoms with Crippen LogP contribution in [-0.2, 0) is 0 Å². The summed E-state index contributed by atoms with van der Waals surface area (Å²) in [6, 6.07) is 7.86. The fraction of sp³-hybridized carbons (Fsp3) is 0.273.